The molecule has 0 bridgehead atoms. The Hall–Kier alpha value is -1.63. The predicted octanol–water partition coefficient (Wildman–Crippen LogP) is 2.81. The monoisotopic (exact) mass is 304 g/mol. The zero-order chi connectivity index (χ0) is 15.3. The number of rotatable bonds is 5. The van der Waals surface area contributed by atoms with Crippen molar-refractivity contribution in [2.75, 3.05) is 6.54 Å². The number of carbonyl (C=O) groups is 1. The Morgan fingerprint density at radius 3 is 2.35 bits per heavy atom. The lowest BCUT2D eigenvalue weighted by molar-refractivity contribution is -0.187. The van der Waals surface area contributed by atoms with Crippen LogP contribution in [0.3, 0.4) is 0 Å². The fourth-order valence-electron chi connectivity index (χ4n) is 1.78. The standard InChI is InChI=1S/C13H15F3N2OS/c1-9(10-5-3-2-4-6-10)18(8-7-11(17)20)12(19)13(14,15)16/h2-6,9H,7-8H2,1H3,(H2,17,20). The van der Waals surface area contributed by atoms with Gasteiger partial charge in [-0.05, 0) is 12.5 Å². The molecule has 0 saturated carbocycles. The number of alkyl halides is 3. The van der Waals surface area contributed by atoms with Crippen LogP contribution in [0.25, 0.3) is 0 Å². The minimum Gasteiger partial charge on any atom is -0.393 e. The maximum absolute atomic E-state index is 12.6. The summed E-state index contributed by atoms with van der Waals surface area (Å²) in [5, 5.41) is 0. The second-order valence-electron chi connectivity index (χ2n) is 4.30. The molecule has 110 valence electrons. The van der Waals surface area contributed by atoms with Gasteiger partial charge in [0, 0.05) is 13.0 Å². The molecule has 0 heterocycles. The molecule has 0 fully saturated rings. The van der Waals surface area contributed by atoms with Crippen LogP contribution in [0.2, 0.25) is 0 Å². The highest BCUT2D eigenvalue weighted by Gasteiger charge is 2.43. The third-order valence-corrected chi connectivity index (χ3v) is 3.06. The first-order chi connectivity index (χ1) is 9.23. The van der Waals surface area contributed by atoms with E-state index in [0.717, 1.165) is 4.90 Å². The van der Waals surface area contributed by atoms with E-state index in [0.29, 0.717) is 5.56 Å². The first-order valence-corrected chi connectivity index (χ1v) is 6.35. The van der Waals surface area contributed by atoms with Crippen LogP contribution in [0.15, 0.2) is 30.3 Å². The van der Waals surface area contributed by atoms with E-state index < -0.39 is 18.1 Å². The minimum absolute atomic E-state index is 0.0499. The van der Waals surface area contributed by atoms with Crippen LogP contribution in [0.5, 0.6) is 0 Å². The maximum atomic E-state index is 12.6. The van der Waals surface area contributed by atoms with Gasteiger partial charge in [-0.1, -0.05) is 42.5 Å². The topological polar surface area (TPSA) is 46.3 Å². The van der Waals surface area contributed by atoms with Crippen molar-refractivity contribution >= 4 is 23.1 Å². The van der Waals surface area contributed by atoms with Crippen LogP contribution < -0.4 is 5.73 Å². The number of thiocarbonyl (C=S) groups is 1. The van der Waals surface area contributed by atoms with E-state index in [4.69, 9.17) is 5.73 Å². The van der Waals surface area contributed by atoms with Crippen LogP contribution in [0, 0.1) is 0 Å². The summed E-state index contributed by atoms with van der Waals surface area (Å²) in [7, 11) is 0. The molecule has 0 aliphatic carbocycles. The molecule has 7 heteroatoms. The van der Waals surface area contributed by atoms with Gasteiger partial charge in [0.2, 0.25) is 0 Å². The van der Waals surface area contributed by atoms with Gasteiger partial charge in [-0.25, -0.2) is 0 Å². The maximum Gasteiger partial charge on any atom is 0.471 e. The van der Waals surface area contributed by atoms with E-state index in [-0.39, 0.29) is 18.0 Å². The van der Waals surface area contributed by atoms with Gasteiger partial charge >= 0.3 is 12.1 Å². The second-order valence-corrected chi connectivity index (χ2v) is 4.82. The molecule has 1 amide bonds. The van der Waals surface area contributed by atoms with Gasteiger partial charge in [-0.3, -0.25) is 4.79 Å². The van der Waals surface area contributed by atoms with Gasteiger partial charge in [0.25, 0.3) is 0 Å². The molecule has 1 rings (SSSR count). The molecule has 1 aromatic rings. The van der Waals surface area contributed by atoms with Gasteiger partial charge < -0.3 is 10.6 Å². The molecule has 3 nitrogen and oxygen atoms in total. The van der Waals surface area contributed by atoms with Gasteiger partial charge in [0.05, 0.1) is 11.0 Å². The highest BCUT2D eigenvalue weighted by molar-refractivity contribution is 7.80. The molecule has 1 unspecified atom stereocenters. The zero-order valence-corrected chi connectivity index (χ0v) is 11.7. The van der Waals surface area contributed by atoms with E-state index >= 15 is 0 Å². The summed E-state index contributed by atoms with van der Waals surface area (Å²) in [6.45, 7) is 1.38. The largest absolute Gasteiger partial charge is 0.471 e. The van der Waals surface area contributed by atoms with Gasteiger partial charge in [0.15, 0.2) is 0 Å². The minimum atomic E-state index is -4.92. The number of amides is 1. The molecular weight excluding hydrogens is 289 g/mol. The van der Waals surface area contributed by atoms with Crippen molar-refractivity contribution in [3.63, 3.8) is 0 Å². The van der Waals surface area contributed by atoms with E-state index in [1.165, 1.54) is 0 Å². The Balaban J connectivity index is 2.98. The van der Waals surface area contributed by atoms with E-state index in [1.807, 2.05) is 0 Å². The molecule has 0 aliphatic rings. The Kier molecular flexibility index (Phi) is 5.50. The molecule has 1 aromatic carbocycles. The second kappa shape index (κ2) is 6.69. The summed E-state index contributed by atoms with van der Waals surface area (Å²) in [6, 6.07) is 7.79. The lowest BCUT2D eigenvalue weighted by Crippen LogP contribution is -2.43. The Morgan fingerprint density at radius 2 is 1.90 bits per heavy atom. The molecule has 0 saturated heterocycles. The van der Waals surface area contributed by atoms with Crippen LogP contribution in [-0.2, 0) is 4.79 Å². The van der Waals surface area contributed by atoms with Crippen molar-refractivity contribution in [1.29, 1.82) is 0 Å². The average Bonchev–Trinajstić information content (AvgIpc) is 2.38. The lowest BCUT2D eigenvalue weighted by Gasteiger charge is -2.30. The van der Waals surface area contributed by atoms with E-state index in [2.05, 4.69) is 12.2 Å². The summed E-state index contributed by atoms with van der Waals surface area (Å²) in [5.74, 6) is -1.88. The lowest BCUT2D eigenvalue weighted by atomic mass is 10.1. The van der Waals surface area contributed by atoms with Crippen molar-refractivity contribution in [3.8, 4) is 0 Å². The first kappa shape index (κ1) is 16.4. The van der Waals surface area contributed by atoms with Crippen LogP contribution >= 0.6 is 12.2 Å². The predicted molar refractivity (Wildman–Crippen MR) is 74.0 cm³/mol. The SMILES string of the molecule is CC(c1ccccc1)N(CCC(N)=S)C(=O)C(F)(F)F. The molecule has 0 spiro atoms. The number of carbonyl (C=O) groups excluding carboxylic acids is 1. The van der Waals surface area contributed by atoms with Crippen LogP contribution in [0.4, 0.5) is 13.2 Å². The smallest absolute Gasteiger partial charge is 0.393 e. The molecule has 0 aliphatic heterocycles. The highest BCUT2D eigenvalue weighted by Crippen LogP contribution is 2.26. The number of nitrogens with two attached hydrogens (primary N) is 1. The molecule has 1 atom stereocenters. The first-order valence-electron chi connectivity index (χ1n) is 5.94. The fraction of sp³-hybridized carbons (Fsp3) is 0.385. The number of nitrogens with zero attached hydrogens (tertiary/aromatic N) is 1. The van der Waals surface area contributed by atoms with Gasteiger partial charge in [-0.2, -0.15) is 13.2 Å². The van der Waals surface area contributed by atoms with Crippen molar-refractivity contribution in [2.24, 2.45) is 5.73 Å². The third kappa shape index (κ3) is 4.48. The summed E-state index contributed by atoms with van der Waals surface area (Å²) < 4.78 is 37.9. The third-order valence-electron chi connectivity index (χ3n) is 2.85. The van der Waals surface area contributed by atoms with Crippen LogP contribution in [0.1, 0.15) is 24.9 Å². The molecule has 20 heavy (non-hydrogen) atoms. The highest BCUT2D eigenvalue weighted by atomic mass is 32.1. The Bertz CT molecular complexity index is 476. The summed E-state index contributed by atoms with van der Waals surface area (Å²) in [6.07, 6.45) is -4.87. The Morgan fingerprint density at radius 1 is 1.35 bits per heavy atom. The van der Waals surface area contributed by atoms with E-state index in [9.17, 15) is 18.0 Å². The van der Waals surface area contributed by atoms with Crippen molar-refractivity contribution < 1.29 is 18.0 Å². The summed E-state index contributed by atoms with van der Waals surface area (Å²) in [4.78, 5) is 12.3. The number of hydrogen-bond donors (Lipinski definition) is 1. The zero-order valence-electron chi connectivity index (χ0n) is 10.9. The number of halogens is 3. The quantitative estimate of drug-likeness (QED) is 0.851. The average molecular weight is 304 g/mol. The fourth-order valence-corrected chi connectivity index (χ4v) is 1.87. The summed E-state index contributed by atoms with van der Waals surface area (Å²) in [5.41, 5.74) is 5.92. The van der Waals surface area contributed by atoms with Gasteiger partial charge in [0.1, 0.15) is 0 Å². The molecular formula is C13H15F3N2OS. The van der Waals surface area contributed by atoms with E-state index in [1.54, 1.807) is 37.3 Å². The van der Waals surface area contributed by atoms with Crippen molar-refractivity contribution in [3.05, 3.63) is 35.9 Å². The number of benzene rings is 1. The summed E-state index contributed by atoms with van der Waals surface area (Å²) >= 11 is 4.66. The van der Waals surface area contributed by atoms with Crippen LogP contribution in [-0.4, -0.2) is 28.5 Å². The van der Waals surface area contributed by atoms with Gasteiger partial charge in [-0.15, -0.1) is 0 Å². The number of hydrogen-bond acceptors (Lipinski definition) is 2. The molecule has 0 radical (unpaired) electrons. The molecule has 2 N–H and O–H groups in total. The molecule has 0 aromatic heterocycles. The van der Waals surface area contributed by atoms with Crippen molar-refractivity contribution in [1.82, 2.24) is 4.90 Å². The normalized spacial score (nSPS) is 12.8. The van der Waals surface area contributed by atoms with Crippen molar-refractivity contribution in [2.45, 2.75) is 25.6 Å². The Labute approximate surface area is 120 Å².